The minimum atomic E-state index is 0.291. The van der Waals surface area contributed by atoms with Crippen molar-refractivity contribution in [3.05, 3.63) is 46.5 Å². The molecule has 1 N–H and O–H groups in total. The van der Waals surface area contributed by atoms with E-state index >= 15 is 0 Å². The van der Waals surface area contributed by atoms with Crippen molar-refractivity contribution in [2.75, 3.05) is 53.1 Å². The van der Waals surface area contributed by atoms with Crippen LogP contribution >= 0.6 is 11.8 Å². The topological polar surface area (TPSA) is 25.5 Å². The first-order chi connectivity index (χ1) is 15.4. The average Bonchev–Trinajstić information content (AvgIpc) is 3.45. The third-order valence-electron chi connectivity index (χ3n) is 7.62. The molecule has 0 saturated carbocycles. The minimum Gasteiger partial charge on any atom is -0.361 e. The summed E-state index contributed by atoms with van der Waals surface area (Å²) < 4.78 is 0. The van der Waals surface area contributed by atoms with Crippen molar-refractivity contribution in [2.24, 2.45) is 0 Å². The Morgan fingerprint density at radius 3 is 2.59 bits per heavy atom. The first-order valence-electron chi connectivity index (χ1n) is 12.4. The lowest BCUT2D eigenvalue weighted by molar-refractivity contribution is 0.0879. The first-order valence-corrected chi connectivity index (χ1v) is 13.4. The molecule has 0 radical (unpaired) electrons. The lowest BCUT2D eigenvalue weighted by Crippen LogP contribution is -2.53. The number of rotatable bonds is 9. The average molecular weight is 455 g/mol. The normalized spacial score (nSPS) is 19.6. The first kappa shape index (κ1) is 23.9. The van der Waals surface area contributed by atoms with Crippen LogP contribution in [0.2, 0.25) is 0 Å². The molecule has 5 heteroatoms. The van der Waals surface area contributed by atoms with Crippen LogP contribution in [0.25, 0.3) is 10.9 Å². The number of likely N-dealkylation sites (tertiary alicyclic amines) is 1. The predicted molar refractivity (Wildman–Crippen MR) is 141 cm³/mol. The second-order valence-corrected chi connectivity index (χ2v) is 11.5. The van der Waals surface area contributed by atoms with E-state index in [1.54, 1.807) is 4.91 Å². The van der Waals surface area contributed by atoms with Gasteiger partial charge in [0, 0.05) is 47.4 Å². The number of aromatic nitrogens is 1. The molecule has 4 rings (SSSR count). The van der Waals surface area contributed by atoms with Crippen molar-refractivity contribution in [2.45, 2.75) is 57.5 Å². The van der Waals surface area contributed by atoms with Crippen LogP contribution in [-0.4, -0.2) is 78.3 Å². The molecule has 4 nitrogen and oxygen atoms in total. The van der Waals surface area contributed by atoms with Crippen LogP contribution in [0.5, 0.6) is 0 Å². The number of likely N-dealkylation sites (N-methyl/N-ethyl adjacent to an activating group) is 1. The van der Waals surface area contributed by atoms with Crippen LogP contribution in [-0.2, 0) is 6.54 Å². The zero-order valence-electron chi connectivity index (χ0n) is 20.8. The molecule has 1 saturated heterocycles. The monoisotopic (exact) mass is 454 g/mol. The standard InChI is InChI=1S/C27H42N4S/c1-21(2)22-9-10-24-23(19-28-25(24)18-22)20-30(5)13-7-14-31-15-11-27(12-16-31,29(3)4)26-8-6-17-32-26/h8-10,18-19,21,28H,6-7,11-17,20H2,1-5H3. The van der Waals surface area contributed by atoms with Crippen LogP contribution in [0.15, 0.2) is 35.4 Å². The summed E-state index contributed by atoms with van der Waals surface area (Å²) in [7, 11) is 6.82. The largest absolute Gasteiger partial charge is 0.361 e. The Morgan fingerprint density at radius 1 is 1.16 bits per heavy atom. The van der Waals surface area contributed by atoms with Gasteiger partial charge in [0.2, 0.25) is 0 Å². The Hall–Kier alpha value is -1.27. The number of nitrogens with zero attached hydrogens (tertiary/aromatic N) is 3. The highest BCUT2D eigenvalue weighted by Crippen LogP contribution is 2.43. The fourth-order valence-corrected chi connectivity index (χ4v) is 6.78. The highest BCUT2D eigenvalue weighted by atomic mass is 32.2. The molecule has 1 aromatic carbocycles. The summed E-state index contributed by atoms with van der Waals surface area (Å²) in [6.45, 7) is 10.3. The summed E-state index contributed by atoms with van der Waals surface area (Å²) in [4.78, 5) is 12.8. The van der Waals surface area contributed by atoms with Gasteiger partial charge >= 0.3 is 0 Å². The molecule has 2 aliphatic heterocycles. The van der Waals surface area contributed by atoms with Crippen LogP contribution in [0.1, 0.15) is 56.6 Å². The maximum absolute atomic E-state index is 3.49. The molecular weight excluding hydrogens is 412 g/mol. The van der Waals surface area contributed by atoms with Gasteiger partial charge in [-0.25, -0.2) is 0 Å². The number of hydrogen-bond acceptors (Lipinski definition) is 4. The van der Waals surface area contributed by atoms with Gasteiger partial charge < -0.3 is 14.8 Å². The Kier molecular flexibility index (Phi) is 7.71. The van der Waals surface area contributed by atoms with Gasteiger partial charge in [0.1, 0.15) is 0 Å². The van der Waals surface area contributed by atoms with E-state index in [1.165, 1.54) is 73.1 Å². The summed E-state index contributed by atoms with van der Waals surface area (Å²) in [5.41, 5.74) is 4.38. The smallest absolute Gasteiger partial charge is 0.0535 e. The highest BCUT2D eigenvalue weighted by molar-refractivity contribution is 8.03. The molecule has 1 fully saturated rings. The van der Waals surface area contributed by atoms with Gasteiger partial charge in [0.05, 0.1) is 5.54 Å². The van der Waals surface area contributed by atoms with Gasteiger partial charge in [-0.1, -0.05) is 32.1 Å². The van der Waals surface area contributed by atoms with Crippen LogP contribution in [0, 0.1) is 0 Å². The van der Waals surface area contributed by atoms with Crippen molar-refractivity contribution >= 4 is 22.7 Å². The molecular formula is C27H42N4S. The molecule has 0 spiro atoms. The maximum Gasteiger partial charge on any atom is 0.0535 e. The highest BCUT2D eigenvalue weighted by Gasteiger charge is 2.40. The van der Waals surface area contributed by atoms with E-state index in [0.29, 0.717) is 11.5 Å². The molecule has 32 heavy (non-hydrogen) atoms. The predicted octanol–water partition coefficient (Wildman–Crippen LogP) is 5.53. The summed E-state index contributed by atoms with van der Waals surface area (Å²) in [6.07, 6.45) is 9.73. The number of benzene rings is 1. The summed E-state index contributed by atoms with van der Waals surface area (Å²) in [6, 6.07) is 6.90. The number of H-pyrrole nitrogens is 1. The Labute approximate surface area is 199 Å². The van der Waals surface area contributed by atoms with Crippen molar-refractivity contribution in [3.8, 4) is 0 Å². The zero-order chi connectivity index (χ0) is 22.7. The van der Waals surface area contributed by atoms with Crippen molar-refractivity contribution in [1.29, 1.82) is 0 Å². The van der Waals surface area contributed by atoms with E-state index in [4.69, 9.17) is 0 Å². The molecule has 3 heterocycles. The molecule has 0 aliphatic carbocycles. The second-order valence-electron chi connectivity index (χ2n) is 10.3. The summed E-state index contributed by atoms with van der Waals surface area (Å²) in [5, 5.41) is 1.37. The molecule has 0 unspecified atom stereocenters. The van der Waals surface area contributed by atoms with Crippen molar-refractivity contribution < 1.29 is 0 Å². The molecule has 2 aliphatic rings. The van der Waals surface area contributed by atoms with Gasteiger partial charge in [0.15, 0.2) is 0 Å². The van der Waals surface area contributed by atoms with Crippen molar-refractivity contribution in [1.82, 2.24) is 19.7 Å². The molecule has 0 amide bonds. The molecule has 0 atom stereocenters. The van der Waals surface area contributed by atoms with E-state index in [0.717, 1.165) is 13.1 Å². The van der Waals surface area contributed by atoms with E-state index in [2.05, 4.69) is 96.9 Å². The number of piperidine rings is 1. The third kappa shape index (κ3) is 5.11. The molecule has 1 aromatic heterocycles. The van der Waals surface area contributed by atoms with Gasteiger partial charge in [0.25, 0.3) is 0 Å². The van der Waals surface area contributed by atoms with E-state index in [-0.39, 0.29) is 0 Å². The third-order valence-corrected chi connectivity index (χ3v) is 8.91. The van der Waals surface area contributed by atoms with Gasteiger partial charge in [-0.15, -0.1) is 11.8 Å². The number of fused-ring (bicyclic) bond motifs is 1. The Morgan fingerprint density at radius 2 is 1.94 bits per heavy atom. The number of aromatic amines is 1. The van der Waals surface area contributed by atoms with Crippen LogP contribution < -0.4 is 0 Å². The van der Waals surface area contributed by atoms with Crippen molar-refractivity contribution in [3.63, 3.8) is 0 Å². The lowest BCUT2D eigenvalue weighted by Gasteiger charge is -2.47. The fourth-order valence-electron chi connectivity index (χ4n) is 5.43. The summed E-state index contributed by atoms with van der Waals surface area (Å²) >= 11 is 2.10. The van der Waals surface area contributed by atoms with Crippen LogP contribution in [0.4, 0.5) is 0 Å². The van der Waals surface area contributed by atoms with Gasteiger partial charge in [-0.3, -0.25) is 4.90 Å². The molecule has 176 valence electrons. The fraction of sp³-hybridized carbons (Fsp3) is 0.630. The molecule has 0 bridgehead atoms. The van der Waals surface area contributed by atoms with Gasteiger partial charge in [-0.2, -0.15) is 0 Å². The Balaban J connectivity index is 1.24. The number of allylic oxidation sites excluding steroid dienone is 1. The summed E-state index contributed by atoms with van der Waals surface area (Å²) in [5.74, 6) is 1.84. The van der Waals surface area contributed by atoms with Crippen LogP contribution in [0.3, 0.4) is 0 Å². The van der Waals surface area contributed by atoms with Gasteiger partial charge in [-0.05, 0) is 83.0 Å². The lowest BCUT2D eigenvalue weighted by atomic mass is 9.85. The quantitative estimate of drug-likeness (QED) is 0.539. The van der Waals surface area contributed by atoms with E-state index in [9.17, 15) is 0 Å². The number of thioether (sulfide) groups is 1. The van der Waals surface area contributed by atoms with E-state index < -0.39 is 0 Å². The van der Waals surface area contributed by atoms with E-state index in [1.807, 2.05) is 0 Å². The number of hydrogen-bond donors (Lipinski definition) is 1. The number of nitrogens with one attached hydrogen (secondary N) is 1. The molecule has 2 aromatic rings. The maximum atomic E-state index is 3.49. The second kappa shape index (κ2) is 10.3. The zero-order valence-corrected chi connectivity index (χ0v) is 21.6. The minimum absolute atomic E-state index is 0.291. The Bertz CT molecular complexity index is 921. The SMILES string of the molecule is CC(C)c1ccc2c(CN(C)CCCN3CCC(C4=CCCS4)(N(C)C)CC3)c[nH]c2c1.